The van der Waals surface area contributed by atoms with E-state index >= 15 is 0 Å². The van der Waals surface area contributed by atoms with Gasteiger partial charge in [0.1, 0.15) is 0 Å². The van der Waals surface area contributed by atoms with Crippen LogP contribution in [0.15, 0.2) is 60.9 Å². The maximum Gasteiger partial charge on any atom is 0.255 e. The molecule has 0 saturated heterocycles. The summed E-state index contributed by atoms with van der Waals surface area (Å²) in [6.07, 6.45) is 3.22. The molecule has 0 unspecified atom stereocenters. The van der Waals surface area contributed by atoms with Gasteiger partial charge in [-0.05, 0) is 48.5 Å². The van der Waals surface area contributed by atoms with E-state index in [4.69, 9.17) is 5.73 Å². The van der Waals surface area contributed by atoms with E-state index in [9.17, 15) is 4.79 Å². The van der Waals surface area contributed by atoms with Gasteiger partial charge in [0.25, 0.3) is 5.91 Å². The summed E-state index contributed by atoms with van der Waals surface area (Å²) in [7, 11) is 0. The molecule has 104 valence electrons. The molecule has 6 heteroatoms. The van der Waals surface area contributed by atoms with Crippen molar-refractivity contribution < 1.29 is 4.79 Å². The van der Waals surface area contributed by atoms with Crippen LogP contribution >= 0.6 is 0 Å². The molecule has 2 aromatic carbocycles. The zero-order chi connectivity index (χ0) is 14.7. The molecule has 3 aromatic rings. The lowest BCUT2D eigenvalue weighted by Crippen LogP contribution is -2.11. The third-order valence-electron chi connectivity index (χ3n) is 2.95. The number of nitrogens with one attached hydrogen (secondary N) is 1. The van der Waals surface area contributed by atoms with Gasteiger partial charge in [0, 0.05) is 16.9 Å². The van der Waals surface area contributed by atoms with E-state index in [0.717, 1.165) is 5.69 Å². The third-order valence-corrected chi connectivity index (χ3v) is 2.95. The van der Waals surface area contributed by atoms with Crippen LogP contribution in [0.5, 0.6) is 0 Å². The number of carbonyl (C=O) groups excluding carboxylic acids is 1. The van der Waals surface area contributed by atoms with Gasteiger partial charge in [-0.2, -0.15) is 15.0 Å². The Labute approximate surface area is 121 Å². The Bertz CT molecular complexity index is 733. The summed E-state index contributed by atoms with van der Waals surface area (Å²) < 4.78 is 0. The van der Waals surface area contributed by atoms with E-state index in [1.54, 1.807) is 48.8 Å². The molecule has 6 nitrogen and oxygen atoms in total. The molecule has 1 aromatic heterocycles. The molecule has 0 bridgehead atoms. The molecule has 0 aliphatic rings. The Kier molecular flexibility index (Phi) is 3.34. The summed E-state index contributed by atoms with van der Waals surface area (Å²) in [5.41, 5.74) is 8.31. The number of rotatable bonds is 3. The standard InChI is InChI=1S/C15H13N5O/c16-12-3-1-11(2-4-12)15(21)19-13-5-7-14(8-6-13)20-17-9-10-18-20/h1-10H,16H2,(H,19,21). The molecule has 0 atom stereocenters. The van der Waals surface area contributed by atoms with Gasteiger partial charge < -0.3 is 11.1 Å². The van der Waals surface area contributed by atoms with Crippen LogP contribution in [0.2, 0.25) is 0 Å². The zero-order valence-electron chi connectivity index (χ0n) is 11.1. The van der Waals surface area contributed by atoms with E-state index in [2.05, 4.69) is 15.5 Å². The van der Waals surface area contributed by atoms with Crippen molar-refractivity contribution in [3.63, 3.8) is 0 Å². The number of hydrogen-bond donors (Lipinski definition) is 2. The van der Waals surface area contributed by atoms with Gasteiger partial charge in [-0.3, -0.25) is 4.79 Å². The summed E-state index contributed by atoms with van der Waals surface area (Å²) in [6, 6.07) is 14.0. The number of carbonyl (C=O) groups is 1. The number of amides is 1. The molecular weight excluding hydrogens is 266 g/mol. The van der Waals surface area contributed by atoms with Crippen LogP contribution in [-0.2, 0) is 0 Å². The fraction of sp³-hybridized carbons (Fsp3) is 0. The minimum Gasteiger partial charge on any atom is -0.399 e. The largest absolute Gasteiger partial charge is 0.399 e. The van der Waals surface area contributed by atoms with Crippen LogP contribution in [0.25, 0.3) is 5.69 Å². The van der Waals surface area contributed by atoms with Gasteiger partial charge >= 0.3 is 0 Å². The first-order chi connectivity index (χ1) is 10.2. The fourth-order valence-corrected chi connectivity index (χ4v) is 1.86. The van der Waals surface area contributed by atoms with E-state index in [-0.39, 0.29) is 5.91 Å². The first-order valence-corrected chi connectivity index (χ1v) is 6.36. The fourth-order valence-electron chi connectivity index (χ4n) is 1.86. The molecule has 0 fully saturated rings. The summed E-state index contributed by atoms with van der Waals surface area (Å²) in [5, 5.41) is 10.9. The van der Waals surface area contributed by atoms with Crippen LogP contribution in [0.3, 0.4) is 0 Å². The Morgan fingerprint density at radius 1 is 0.952 bits per heavy atom. The first-order valence-electron chi connectivity index (χ1n) is 6.36. The van der Waals surface area contributed by atoms with Crippen LogP contribution in [0.4, 0.5) is 11.4 Å². The van der Waals surface area contributed by atoms with Crippen LogP contribution < -0.4 is 11.1 Å². The number of hydrogen-bond acceptors (Lipinski definition) is 4. The maximum absolute atomic E-state index is 12.1. The lowest BCUT2D eigenvalue weighted by atomic mass is 10.2. The first kappa shape index (κ1) is 12.9. The van der Waals surface area contributed by atoms with Crippen molar-refractivity contribution in [2.24, 2.45) is 0 Å². The predicted octanol–water partition coefficient (Wildman–Crippen LogP) is 2.10. The molecule has 0 saturated carbocycles. The summed E-state index contributed by atoms with van der Waals surface area (Å²) in [4.78, 5) is 13.6. The number of anilines is 2. The molecule has 3 rings (SSSR count). The molecule has 0 spiro atoms. The Balaban J connectivity index is 1.73. The molecule has 21 heavy (non-hydrogen) atoms. The van der Waals surface area contributed by atoms with E-state index in [0.29, 0.717) is 16.9 Å². The summed E-state index contributed by atoms with van der Waals surface area (Å²) in [6.45, 7) is 0. The second-order valence-electron chi connectivity index (χ2n) is 4.44. The highest BCUT2D eigenvalue weighted by Gasteiger charge is 2.06. The molecule has 3 N–H and O–H groups in total. The number of benzene rings is 2. The summed E-state index contributed by atoms with van der Waals surface area (Å²) in [5.74, 6) is -0.181. The second-order valence-corrected chi connectivity index (χ2v) is 4.44. The average molecular weight is 279 g/mol. The molecule has 0 aliphatic heterocycles. The van der Waals surface area contributed by atoms with Crippen LogP contribution in [0, 0.1) is 0 Å². The number of nitrogen functional groups attached to an aromatic ring is 1. The normalized spacial score (nSPS) is 10.3. The minimum atomic E-state index is -0.181. The van der Waals surface area contributed by atoms with Gasteiger partial charge in [0.2, 0.25) is 0 Å². The van der Waals surface area contributed by atoms with Crippen molar-refractivity contribution in [1.29, 1.82) is 0 Å². The van der Waals surface area contributed by atoms with Crippen molar-refractivity contribution in [2.45, 2.75) is 0 Å². The van der Waals surface area contributed by atoms with Gasteiger partial charge in [-0.1, -0.05) is 0 Å². The molecule has 1 heterocycles. The lowest BCUT2D eigenvalue weighted by molar-refractivity contribution is 0.102. The average Bonchev–Trinajstić information content (AvgIpc) is 3.03. The van der Waals surface area contributed by atoms with E-state index in [1.807, 2.05) is 12.1 Å². The monoisotopic (exact) mass is 279 g/mol. The Morgan fingerprint density at radius 2 is 1.57 bits per heavy atom. The van der Waals surface area contributed by atoms with Crippen molar-refractivity contribution >= 4 is 17.3 Å². The quantitative estimate of drug-likeness (QED) is 0.719. The highest BCUT2D eigenvalue weighted by molar-refractivity contribution is 6.04. The van der Waals surface area contributed by atoms with Crippen molar-refractivity contribution in [3.8, 4) is 5.69 Å². The van der Waals surface area contributed by atoms with Gasteiger partial charge in [0.05, 0.1) is 18.1 Å². The van der Waals surface area contributed by atoms with E-state index in [1.165, 1.54) is 4.80 Å². The van der Waals surface area contributed by atoms with Gasteiger partial charge in [-0.15, -0.1) is 0 Å². The van der Waals surface area contributed by atoms with Crippen molar-refractivity contribution in [3.05, 3.63) is 66.5 Å². The van der Waals surface area contributed by atoms with E-state index < -0.39 is 0 Å². The highest BCUT2D eigenvalue weighted by atomic mass is 16.1. The predicted molar refractivity (Wildman–Crippen MR) is 80.2 cm³/mol. The second kappa shape index (κ2) is 5.46. The van der Waals surface area contributed by atoms with Crippen LogP contribution in [0.1, 0.15) is 10.4 Å². The zero-order valence-corrected chi connectivity index (χ0v) is 11.1. The molecule has 0 radical (unpaired) electrons. The van der Waals surface area contributed by atoms with Crippen molar-refractivity contribution in [1.82, 2.24) is 15.0 Å². The smallest absolute Gasteiger partial charge is 0.255 e. The minimum absolute atomic E-state index is 0.181. The highest BCUT2D eigenvalue weighted by Crippen LogP contribution is 2.13. The van der Waals surface area contributed by atoms with Crippen molar-refractivity contribution in [2.75, 3.05) is 11.1 Å². The molecule has 0 aliphatic carbocycles. The summed E-state index contributed by atoms with van der Waals surface area (Å²) >= 11 is 0. The van der Waals surface area contributed by atoms with Gasteiger partial charge in [0.15, 0.2) is 0 Å². The lowest BCUT2D eigenvalue weighted by Gasteiger charge is -2.06. The molecule has 1 amide bonds. The van der Waals surface area contributed by atoms with Gasteiger partial charge in [-0.25, -0.2) is 0 Å². The maximum atomic E-state index is 12.1. The molecular formula is C15H13N5O. The topological polar surface area (TPSA) is 85.8 Å². The number of nitrogens with two attached hydrogens (primary N) is 1. The van der Waals surface area contributed by atoms with Crippen LogP contribution in [-0.4, -0.2) is 20.9 Å². The number of nitrogens with zero attached hydrogens (tertiary/aromatic N) is 3. The number of aromatic nitrogens is 3. The Hall–Kier alpha value is -3.15. The SMILES string of the molecule is Nc1ccc(C(=O)Nc2ccc(-n3nccn3)cc2)cc1. The Morgan fingerprint density at radius 3 is 2.19 bits per heavy atom. The third kappa shape index (κ3) is 2.89.